The Morgan fingerprint density at radius 2 is 0.817 bits per heavy atom. The minimum atomic E-state index is 0.594. The molecule has 0 radical (unpaired) electrons. The molecule has 0 bridgehead atoms. The summed E-state index contributed by atoms with van der Waals surface area (Å²) in [5.41, 5.74) is 12.1. The second-order valence-electron chi connectivity index (χ2n) is 14.8. The summed E-state index contributed by atoms with van der Waals surface area (Å²) in [5.74, 6) is 1.83. The Kier molecular flexibility index (Phi) is 8.75. The van der Waals surface area contributed by atoms with Crippen LogP contribution >= 0.6 is 0 Å². The Morgan fingerprint density at radius 1 is 0.300 bits per heavy atom. The lowest BCUT2D eigenvalue weighted by molar-refractivity contribution is 0.669. The molecule has 0 aliphatic carbocycles. The van der Waals surface area contributed by atoms with Gasteiger partial charge in [-0.3, -0.25) is 0 Å². The number of aromatic nitrogens is 3. The molecule has 5 nitrogen and oxygen atoms in total. The van der Waals surface area contributed by atoms with Crippen molar-refractivity contribution in [1.82, 2.24) is 15.0 Å². The highest BCUT2D eigenvalue weighted by atomic mass is 16.3. The van der Waals surface area contributed by atoms with Crippen LogP contribution in [-0.2, 0) is 0 Å². The van der Waals surface area contributed by atoms with Gasteiger partial charge in [-0.05, 0) is 81.6 Å². The molecule has 11 aromatic rings. The molecule has 0 atom stereocenters. The van der Waals surface area contributed by atoms with Crippen molar-refractivity contribution >= 4 is 49.8 Å². The fourth-order valence-corrected chi connectivity index (χ4v) is 8.30. The molecule has 0 unspecified atom stereocenters. The third-order valence-electron chi connectivity index (χ3n) is 11.1. The molecule has 0 saturated carbocycles. The van der Waals surface area contributed by atoms with Crippen molar-refractivity contribution in [3.05, 3.63) is 218 Å². The van der Waals surface area contributed by atoms with E-state index in [1.165, 1.54) is 11.1 Å². The number of hydrogen-bond donors (Lipinski definition) is 0. The molecule has 0 aliphatic rings. The second-order valence-corrected chi connectivity index (χ2v) is 14.8. The zero-order valence-electron chi connectivity index (χ0n) is 32.5. The molecule has 5 heteroatoms. The van der Waals surface area contributed by atoms with E-state index >= 15 is 0 Å². The summed E-state index contributed by atoms with van der Waals surface area (Å²) in [6.45, 7) is 0. The van der Waals surface area contributed by atoms with Crippen LogP contribution < -0.4 is 4.90 Å². The SMILES string of the molecule is c1ccc(-c2cccc(N(c3ccccc3)c3ccc(-c4cc5oc6cccc(-c7nc(-c8ccccc8)nc(-c8ccccc8)n7)c6c5c5ccccc45)cc3)c2)cc1. The normalized spacial score (nSPS) is 11.3. The van der Waals surface area contributed by atoms with Crippen molar-refractivity contribution in [2.45, 2.75) is 0 Å². The van der Waals surface area contributed by atoms with Crippen LogP contribution in [-0.4, -0.2) is 15.0 Å². The van der Waals surface area contributed by atoms with E-state index in [2.05, 4.69) is 150 Å². The van der Waals surface area contributed by atoms with Crippen LogP contribution in [0.25, 0.3) is 89.1 Å². The number of rotatable bonds is 8. The van der Waals surface area contributed by atoms with Crippen molar-refractivity contribution in [3.63, 3.8) is 0 Å². The van der Waals surface area contributed by atoms with Gasteiger partial charge in [0.05, 0.1) is 0 Å². The van der Waals surface area contributed by atoms with Gasteiger partial charge in [-0.15, -0.1) is 0 Å². The lowest BCUT2D eigenvalue weighted by Gasteiger charge is -2.26. The van der Waals surface area contributed by atoms with Crippen LogP contribution in [0.1, 0.15) is 0 Å². The molecule has 0 amide bonds. The Hall–Kier alpha value is -8.15. The Balaban J connectivity index is 1.05. The van der Waals surface area contributed by atoms with Crippen LogP contribution in [0.3, 0.4) is 0 Å². The van der Waals surface area contributed by atoms with Crippen molar-refractivity contribution < 1.29 is 4.42 Å². The maximum atomic E-state index is 6.76. The molecular weight excluding hydrogens is 733 g/mol. The van der Waals surface area contributed by atoms with E-state index in [0.717, 1.165) is 77.6 Å². The van der Waals surface area contributed by atoms with Crippen LogP contribution in [0.4, 0.5) is 17.1 Å². The Morgan fingerprint density at radius 3 is 1.48 bits per heavy atom. The number of nitrogens with zero attached hydrogens (tertiary/aromatic N) is 4. The number of benzene rings is 9. The molecule has 282 valence electrons. The molecule has 2 aromatic heterocycles. The number of furan rings is 1. The van der Waals surface area contributed by atoms with Gasteiger partial charge >= 0.3 is 0 Å². The first kappa shape index (κ1) is 35.0. The van der Waals surface area contributed by atoms with E-state index in [1.54, 1.807) is 0 Å². The highest BCUT2D eigenvalue weighted by Gasteiger charge is 2.21. The first-order valence-electron chi connectivity index (χ1n) is 20.1. The van der Waals surface area contributed by atoms with E-state index in [0.29, 0.717) is 17.5 Å². The topological polar surface area (TPSA) is 55.1 Å². The van der Waals surface area contributed by atoms with Gasteiger partial charge in [0.1, 0.15) is 11.2 Å². The summed E-state index contributed by atoms with van der Waals surface area (Å²) < 4.78 is 6.76. The quantitative estimate of drug-likeness (QED) is 0.154. The second kappa shape index (κ2) is 15.0. The molecule has 0 spiro atoms. The average Bonchev–Trinajstić information content (AvgIpc) is 3.72. The lowest BCUT2D eigenvalue weighted by Crippen LogP contribution is -2.09. The fraction of sp³-hybridized carbons (Fsp3) is 0. The summed E-state index contributed by atoms with van der Waals surface area (Å²) in [6, 6.07) is 75.7. The first-order valence-corrected chi connectivity index (χ1v) is 20.1. The summed E-state index contributed by atoms with van der Waals surface area (Å²) in [4.78, 5) is 17.5. The number of hydrogen-bond acceptors (Lipinski definition) is 5. The van der Waals surface area contributed by atoms with E-state index < -0.39 is 0 Å². The highest BCUT2D eigenvalue weighted by Crippen LogP contribution is 2.44. The molecule has 11 rings (SSSR count). The average molecular weight is 769 g/mol. The fourth-order valence-electron chi connectivity index (χ4n) is 8.30. The molecule has 9 aromatic carbocycles. The van der Waals surface area contributed by atoms with Gasteiger partial charge in [-0.1, -0.05) is 170 Å². The molecule has 0 N–H and O–H groups in total. The van der Waals surface area contributed by atoms with Gasteiger partial charge < -0.3 is 9.32 Å². The monoisotopic (exact) mass is 768 g/mol. The molecule has 0 saturated heterocycles. The van der Waals surface area contributed by atoms with Crippen LogP contribution in [0.15, 0.2) is 223 Å². The molecule has 2 heterocycles. The lowest BCUT2D eigenvalue weighted by atomic mass is 9.93. The minimum Gasteiger partial charge on any atom is -0.456 e. The maximum Gasteiger partial charge on any atom is 0.164 e. The molecular formula is C55H36N4O. The number of para-hydroxylation sites is 1. The smallest absolute Gasteiger partial charge is 0.164 e. The highest BCUT2D eigenvalue weighted by molar-refractivity contribution is 6.25. The standard InChI is InChI=1S/C55H36N4O/c1-5-17-37(18-6-1)41-23-15-26-44(35-41)59(42-24-11-4-12-25-42)43-33-31-38(32-34-43)48-36-50-51(46-28-14-13-27-45(46)48)52-47(29-16-30-49(52)60-50)55-57-53(39-19-7-2-8-20-39)56-54(58-55)40-21-9-3-10-22-40/h1-36H. The van der Waals surface area contributed by atoms with Gasteiger partial charge in [0.2, 0.25) is 0 Å². The van der Waals surface area contributed by atoms with Crippen LogP contribution in [0.5, 0.6) is 0 Å². The Bertz CT molecular complexity index is 3240. The summed E-state index contributed by atoms with van der Waals surface area (Å²) in [5, 5.41) is 4.25. The maximum absolute atomic E-state index is 6.76. The van der Waals surface area contributed by atoms with Gasteiger partial charge in [0.25, 0.3) is 0 Å². The van der Waals surface area contributed by atoms with Gasteiger partial charge in [0.15, 0.2) is 17.5 Å². The zero-order valence-corrected chi connectivity index (χ0v) is 32.5. The van der Waals surface area contributed by atoms with E-state index in [1.807, 2.05) is 72.8 Å². The van der Waals surface area contributed by atoms with Gasteiger partial charge in [-0.25, -0.2) is 15.0 Å². The van der Waals surface area contributed by atoms with Crippen molar-refractivity contribution in [3.8, 4) is 56.4 Å². The summed E-state index contributed by atoms with van der Waals surface area (Å²) in [7, 11) is 0. The van der Waals surface area contributed by atoms with E-state index in [-0.39, 0.29) is 0 Å². The molecule has 0 aliphatic heterocycles. The Labute approximate surface area is 347 Å². The molecule has 0 fully saturated rings. The predicted octanol–water partition coefficient (Wildman–Crippen LogP) is 14.7. The third-order valence-corrected chi connectivity index (χ3v) is 11.1. The van der Waals surface area contributed by atoms with Crippen molar-refractivity contribution in [2.24, 2.45) is 0 Å². The summed E-state index contributed by atoms with van der Waals surface area (Å²) in [6.07, 6.45) is 0. The minimum absolute atomic E-state index is 0.594. The van der Waals surface area contributed by atoms with Crippen molar-refractivity contribution in [1.29, 1.82) is 0 Å². The van der Waals surface area contributed by atoms with Crippen molar-refractivity contribution in [2.75, 3.05) is 4.90 Å². The first-order chi connectivity index (χ1) is 29.7. The van der Waals surface area contributed by atoms with Gasteiger partial charge in [-0.2, -0.15) is 0 Å². The largest absolute Gasteiger partial charge is 0.456 e. The van der Waals surface area contributed by atoms with E-state index in [4.69, 9.17) is 19.4 Å². The molecule has 60 heavy (non-hydrogen) atoms. The van der Waals surface area contributed by atoms with E-state index in [9.17, 15) is 0 Å². The predicted molar refractivity (Wildman–Crippen MR) is 246 cm³/mol. The number of anilines is 3. The number of fused-ring (bicyclic) bond motifs is 5. The third kappa shape index (κ3) is 6.35. The summed E-state index contributed by atoms with van der Waals surface area (Å²) >= 11 is 0. The van der Waals surface area contributed by atoms with Gasteiger partial charge in [0, 0.05) is 44.5 Å². The zero-order chi connectivity index (χ0) is 39.8. The van der Waals surface area contributed by atoms with Crippen LogP contribution in [0.2, 0.25) is 0 Å². The van der Waals surface area contributed by atoms with Crippen LogP contribution in [0, 0.1) is 0 Å².